The summed E-state index contributed by atoms with van der Waals surface area (Å²) in [6.07, 6.45) is 8.10. The Morgan fingerprint density at radius 2 is 2.05 bits per heavy atom. The van der Waals surface area contributed by atoms with E-state index in [9.17, 15) is 0 Å². The lowest BCUT2D eigenvalue weighted by Gasteiger charge is -2.13. The van der Waals surface area contributed by atoms with Crippen LogP contribution in [0.4, 0.5) is 0 Å². The van der Waals surface area contributed by atoms with Gasteiger partial charge in [0.25, 0.3) is 0 Å². The number of rotatable bonds is 4. The van der Waals surface area contributed by atoms with E-state index in [1.54, 1.807) is 7.11 Å². The van der Waals surface area contributed by atoms with Crippen LogP contribution in [-0.2, 0) is 11.2 Å². The standard InChI is InChI=1S/C15H20N2O.C2H6/c1-4-13-9-17-8-12(11-5-6-11)7-14(10(2)18-3)15(17)16-13;1-2/h7-11H,4-6H2,1-3H3;1-2H3. The van der Waals surface area contributed by atoms with Gasteiger partial charge in [-0.25, -0.2) is 4.98 Å². The number of methoxy groups -OCH3 is 1. The molecule has 1 fully saturated rings. The lowest BCUT2D eigenvalue weighted by Crippen LogP contribution is -2.01. The predicted molar refractivity (Wildman–Crippen MR) is 83.3 cm³/mol. The Balaban J connectivity index is 0.000000704. The first-order valence-electron chi connectivity index (χ1n) is 7.77. The Labute approximate surface area is 122 Å². The molecule has 20 heavy (non-hydrogen) atoms. The molecule has 1 aliphatic carbocycles. The van der Waals surface area contributed by atoms with Crippen molar-refractivity contribution in [3.63, 3.8) is 0 Å². The summed E-state index contributed by atoms with van der Waals surface area (Å²) in [6, 6.07) is 2.29. The molecule has 0 bridgehead atoms. The molecule has 0 radical (unpaired) electrons. The van der Waals surface area contributed by atoms with Crippen LogP contribution >= 0.6 is 0 Å². The van der Waals surface area contributed by atoms with Gasteiger partial charge in [0.15, 0.2) is 0 Å². The van der Waals surface area contributed by atoms with Gasteiger partial charge in [-0.05, 0) is 43.7 Å². The molecule has 0 N–H and O–H groups in total. The summed E-state index contributed by atoms with van der Waals surface area (Å²) in [4.78, 5) is 4.70. The molecule has 1 aliphatic rings. The number of fused-ring (bicyclic) bond motifs is 1. The van der Waals surface area contributed by atoms with E-state index in [2.05, 4.69) is 36.7 Å². The maximum Gasteiger partial charge on any atom is 0.142 e. The summed E-state index contributed by atoms with van der Waals surface area (Å²) in [5.41, 5.74) is 4.83. The first kappa shape index (κ1) is 15.0. The molecule has 0 saturated heterocycles. The van der Waals surface area contributed by atoms with Crippen LogP contribution in [0.25, 0.3) is 5.65 Å². The topological polar surface area (TPSA) is 26.5 Å². The summed E-state index contributed by atoms with van der Waals surface area (Å²) in [7, 11) is 1.76. The van der Waals surface area contributed by atoms with E-state index in [-0.39, 0.29) is 6.10 Å². The van der Waals surface area contributed by atoms with Gasteiger partial charge >= 0.3 is 0 Å². The number of ether oxygens (including phenoxy) is 1. The lowest BCUT2D eigenvalue weighted by atomic mass is 10.1. The Morgan fingerprint density at radius 3 is 2.60 bits per heavy atom. The molecular weight excluding hydrogens is 248 g/mol. The number of aryl methyl sites for hydroxylation is 1. The second-order valence-electron chi connectivity index (χ2n) is 5.20. The molecule has 3 rings (SSSR count). The van der Waals surface area contributed by atoms with Gasteiger partial charge in [-0.2, -0.15) is 0 Å². The van der Waals surface area contributed by atoms with E-state index in [0.29, 0.717) is 0 Å². The number of imidazole rings is 1. The van der Waals surface area contributed by atoms with E-state index in [0.717, 1.165) is 23.7 Å². The molecule has 1 unspecified atom stereocenters. The monoisotopic (exact) mass is 274 g/mol. The summed E-state index contributed by atoms with van der Waals surface area (Å²) in [5, 5.41) is 0. The molecular formula is C17H26N2O. The summed E-state index contributed by atoms with van der Waals surface area (Å²) in [5.74, 6) is 0.754. The molecule has 3 nitrogen and oxygen atoms in total. The minimum Gasteiger partial charge on any atom is -0.377 e. The third kappa shape index (κ3) is 2.88. The van der Waals surface area contributed by atoms with Crippen LogP contribution in [0.15, 0.2) is 18.5 Å². The van der Waals surface area contributed by atoms with Crippen molar-refractivity contribution < 1.29 is 4.74 Å². The van der Waals surface area contributed by atoms with Crippen LogP contribution in [0.3, 0.4) is 0 Å². The average molecular weight is 274 g/mol. The first-order chi connectivity index (χ1) is 9.72. The largest absolute Gasteiger partial charge is 0.377 e. The van der Waals surface area contributed by atoms with Gasteiger partial charge in [0, 0.05) is 25.1 Å². The fourth-order valence-electron chi connectivity index (χ4n) is 2.43. The smallest absolute Gasteiger partial charge is 0.142 e. The Morgan fingerprint density at radius 1 is 1.35 bits per heavy atom. The van der Waals surface area contributed by atoms with Crippen molar-refractivity contribution in [3.8, 4) is 0 Å². The number of hydrogen-bond donors (Lipinski definition) is 0. The number of pyridine rings is 1. The van der Waals surface area contributed by atoms with Crippen molar-refractivity contribution >= 4 is 5.65 Å². The lowest BCUT2D eigenvalue weighted by molar-refractivity contribution is 0.120. The Hall–Kier alpha value is -1.35. The first-order valence-corrected chi connectivity index (χ1v) is 7.77. The van der Waals surface area contributed by atoms with Crippen molar-refractivity contribution in [2.24, 2.45) is 0 Å². The zero-order chi connectivity index (χ0) is 14.7. The van der Waals surface area contributed by atoms with Crippen LogP contribution in [0.5, 0.6) is 0 Å². The van der Waals surface area contributed by atoms with Gasteiger partial charge in [-0.15, -0.1) is 0 Å². The van der Waals surface area contributed by atoms with Crippen molar-refractivity contribution in [1.29, 1.82) is 0 Å². The normalized spacial score (nSPS) is 15.8. The van der Waals surface area contributed by atoms with Gasteiger partial charge < -0.3 is 9.14 Å². The van der Waals surface area contributed by atoms with E-state index >= 15 is 0 Å². The zero-order valence-electron chi connectivity index (χ0n) is 13.3. The summed E-state index contributed by atoms with van der Waals surface area (Å²) in [6.45, 7) is 8.23. The molecule has 0 aromatic carbocycles. The zero-order valence-corrected chi connectivity index (χ0v) is 13.3. The van der Waals surface area contributed by atoms with Crippen LogP contribution in [-0.4, -0.2) is 16.5 Å². The van der Waals surface area contributed by atoms with E-state index < -0.39 is 0 Å². The highest BCUT2D eigenvalue weighted by Gasteiger charge is 2.25. The summed E-state index contributed by atoms with van der Waals surface area (Å²) >= 11 is 0. The van der Waals surface area contributed by atoms with Crippen LogP contribution < -0.4 is 0 Å². The van der Waals surface area contributed by atoms with E-state index in [1.165, 1.54) is 24.0 Å². The van der Waals surface area contributed by atoms with E-state index in [4.69, 9.17) is 9.72 Å². The maximum atomic E-state index is 5.49. The maximum absolute atomic E-state index is 5.49. The van der Waals surface area contributed by atoms with Crippen LogP contribution in [0.1, 0.15) is 69.4 Å². The minimum atomic E-state index is 0.0957. The molecule has 2 aromatic rings. The molecule has 0 aliphatic heterocycles. The van der Waals surface area contributed by atoms with Gasteiger partial charge in [0.1, 0.15) is 5.65 Å². The van der Waals surface area contributed by atoms with Crippen molar-refractivity contribution in [1.82, 2.24) is 9.38 Å². The fraction of sp³-hybridized carbons (Fsp3) is 0.588. The molecule has 2 heterocycles. The molecule has 0 amide bonds. The van der Waals surface area contributed by atoms with Gasteiger partial charge in [-0.3, -0.25) is 0 Å². The fourth-order valence-corrected chi connectivity index (χ4v) is 2.43. The quantitative estimate of drug-likeness (QED) is 0.820. The molecule has 1 saturated carbocycles. The third-order valence-electron chi connectivity index (χ3n) is 3.85. The molecule has 3 heteroatoms. The molecule has 2 aromatic heterocycles. The minimum absolute atomic E-state index is 0.0957. The van der Waals surface area contributed by atoms with Gasteiger partial charge in [0.2, 0.25) is 0 Å². The Bertz CT molecular complexity index is 570. The summed E-state index contributed by atoms with van der Waals surface area (Å²) < 4.78 is 7.67. The highest BCUT2D eigenvalue weighted by molar-refractivity contribution is 5.52. The van der Waals surface area contributed by atoms with Crippen molar-refractivity contribution in [2.75, 3.05) is 7.11 Å². The number of aromatic nitrogens is 2. The highest BCUT2D eigenvalue weighted by Crippen LogP contribution is 2.41. The average Bonchev–Trinajstić information content (AvgIpc) is 3.26. The van der Waals surface area contributed by atoms with Crippen molar-refractivity contribution in [2.45, 2.75) is 59.0 Å². The highest BCUT2D eigenvalue weighted by atomic mass is 16.5. The second-order valence-corrected chi connectivity index (χ2v) is 5.20. The predicted octanol–water partition coefficient (Wildman–Crippen LogP) is 4.51. The van der Waals surface area contributed by atoms with Gasteiger partial charge in [-0.1, -0.05) is 20.8 Å². The number of nitrogens with zero attached hydrogens (tertiary/aromatic N) is 2. The second kappa shape index (κ2) is 6.40. The van der Waals surface area contributed by atoms with Crippen LogP contribution in [0.2, 0.25) is 0 Å². The van der Waals surface area contributed by atoms with Gasteiger partial charge in [0.05, 0.1) is 11.8 Å². The molecule has 0 spiro atoms. The Kier molecular flexibility index (Phi) is 4.81. The third-order valence-corrected chi connectivity index (χ3v) is 3.85. The van der Waals surface area contributed by atoms with Crippen molar-refractivity contribution in [3.05, 3.63) is 35.3 Å². The SMILES string of the molecule is CC.CCc1cn2cc(C3CC3)cc(C(C)OC)c2n1. The van der Waals surface area contributed by atoms with Crippen LogP contribution in [0, 0.1) is 0 Å². The molecule has 1 atom stereocenters. The van der Waals surface area contributed by atoms with E-state index in [1.807, 2.05) is 13.8 Å². The number of hydrogen-bond acceptors (Lipinski definition) is 2. The molecule has 110 valence electrons.